The number of benzene rings is 1. The number of nitrogens with two attached hydrogens (primary N) is 1. The first-order valence-corrected chi connectivity index (χ1v) is 6.79. The second-order valence-corrected chi connectivity index (χ2v) is 5.06. The average Bonchev–Trinajstić information content (AvgIpc) is 2.85. The maximum Gasteiger partial charge on any atom is 0.173 e. The van der Waals surface area contributed by atoms with Gasteiger partial charge in [0.25, 0.3) is 0 Å². The van der Waals surface area contributed by atoms with Crippen LogP contribution in [0.4, 0.5) is 0 Å². The zero-order valence-electron chi connectivity index (χ0n) is 11.0. The Hall–Kier alpha value is -2.02. The summed E-state index contributed by atoms with van der Waals surface area (Å²) in [7, 11) is 0. The zero-order valence-corrected chi connectivity index (χ0v) is 12.5. The minimum absolute atomic E-state index is 0.0140. The number of ether oxygens (including phenoxy) is 1. The van der Waals surface area contributed by atoms with Gasteiger partial charge in [0.05, 0.1) is 12.1 Å². The molecule has 7 heteroatoms. The molecule has 0 radical (unpaired) electrons. The van der Waals surface area contributed by atoms with Crippen LogP contribution in [0.5, 0.6) is 5.75 Å². The lowest BCUT2D eigenvalue weighted by molar-refractivity contribution is 0.295. The minimum atomic E-state index is 0.0140. The van der Waals surface area contributed by atoms with Crippen molar-refractivity contribution in [2.24, 2.45) is 10.9 Å². The SMILES string of the molecule is Cc1nccn1CCOc1ccc(Br)cc1/C(N)=N/O. The number of imidazole rings is 1. The lowest BCUT2D eigenvalue weighted by Gasteiger charge is -2.12. The van der Waals surface area contributed by atoms with Crippen molar-refractivity contribution >= 4 is 21.8 Å². The fraction of sp³-hybridized carbons (Fsp3) is 0.231. The minimum Gasteiger partial charge on any atom is -0.491 e. The van der Waals surface area contributed by atoms with Crippen LogP contribution in [-0.4, -0.2) is 27.2 Å². The summed E-state index contributed by atoms with van der Waals surface area (Å²) in [6, 6.07) is 5.36. The van der Waals surface area contributed by atoms with Gasteiger partial charge in [0.2, 0.25) is 0 Å². The monoisotopic (exact) mass is 338 g/mol. The summed E-state index contributed by atoms with van der Waals surface area (Å²) in [5.74, 6) is 1.52. The van der Waals surface area contributed by atoms with E-state index in [1.165, 1.54) is 0 Å². The van der Waals surface area contributed by atoms with Gasteiger partial charge in [-0.3, -0.25) is 0 Å². The fourth-order valence-electron chi connectivity index (χ4n) is 1.78. The molecule has 0 fully saturated rings. The summed E-state index contributed by atoms with van der Waals surface area (Å²) in [5.41, 5.74) is 6.18. The number of nitrogens with zero attached hydrogens (tertiary/aromatic N) is 3. The molecule has 0 unspecified atom stereocenters. The number of hydrogen-bond donors (Lipinski definition) is 2. The van der Waals surface area contributed by atoms with Crippen LogP contribution in [0.2, 0.25) is 0 Å². The van der Waals surface area contributed by atoms with Crippen molar-refractivity contribution in [3.05, 3.63) is 46.5 Å². The van der Waals surface area contributed by atoms with Crippen molar-refractivity contribution in [1.82, 2.24) is 9.55 Å². The molecule has 0 aliphatic carbocycles. The van der Waals surface area contributed by atoms with E-state index in [0.29, 0.717) is 24.5 Å². The number of halogens is 1. The van der Waals surface area contributed by atoms with Gasteiger partial charge in [0.1, 0.15) is 18.2 Å². The van der Waals surface area contributed by atoms with Crippen LogP contribution in [0.25, 0.3) is 0 Å². The molecule has 1 aromatic heterocycles. The van der Waals surface area contributed by atoms with Gasteiger partial charge < -0.3 is 20.2 Å². The molecule has 1 aromatic carbocycles. The van der Waals surface area contributed by atoms with E-state index in [0.717, 1.165) is 10.3 Å². The van der Waals surface area contributed by atoms with Crippen LogP contribution >= 0.6 is 15.9 Å². The van der Waals surface area contributed by atoms with Crippen LogP contribution in [0, 0.1) is 6.92 Å². The van der Waals surface area contributed by atoms with Crippen molar-refractivity contribution in [2.75, 3.05) is 6.61 Å². The quantitative estimate of drug-likeness (QED) is 0.378. The molecule has 6 nitrogen and oxygen atoms in total. The lowest BCUT2D eigenvalue weighted by atomic mass is 10.2. The second-order valence-electron chi connectivity index (χ2n) is 4.14. The molecule has 0 bridgehead atoms. The van der Waals surface area contributed by atoms with E-state index in [9.17, 15) is 0 Å². The Morgan fingerprint density at radius 2 is 2.35 bits per heavy atom. The Kier molecular flexibility index (Phi) is 4.62. The summed E-state index contributed by atoms with van der Waals surface area (Å²) >= 11 is 3.34. The molecular weight excluding hydrogens is 324 g/mol. The van der Waals surface area contributed by atoms with Crippen LogP contribution in [-0.2, 0) is 6.54 Å². The number of amidine groups is 1. The molecule has 0 saturated carbocycles. The summed E-state index contributed by atoms with van der Waals surface area (Å²) in [6.07, 6.45) is 3.64. The van der Waals surface area contributed by atoms with Crippen LogP contribution < -0.4 is 10.5 Å². The number of aryl methyl sites for hydroxylation is 1. The molecule has 3 N–H and O–H groups in total. The van der Waals surface area contributed by atoms with Gasteiger partial charge in [-0.1, -0.05) is 21.1 Å². The average molecular weight is 339 g/mol. The Morgan fingerprint density at radius 1 is 1.55 bits per heavy atom. The fourth-order valence-corrected chi connectivity index (χ4v) is 2.14. The maximum atomic E-state index is 8.80. The molecule has 0 amide bonds. The van der Waals surface area contributed by atoms with Crippen molar-refractivity contribution in [1.29, 1.82) is 0 Å². The molecular formula is C13H15BrN4O2. The molecule has 0 saturated heterocycles. The highest BCUT2D eigenvalue weighted by Gasteiger charge is 2.09. The van der Waals surface area contributed by atoms with Crippen molar-refractivity contribution in [2.45, 2.75) is 13.5 Å². The van der Waals surface area contributed by atoms with E-state index in [1.54, 1.807) is 18.3 Å². The number of aromatic nitrogens is 2. The Bertz CT molecular complexity index is 625. The van der Waals surface area contributed by atoms with Gasteiger partial charge in [-0.25, -0.2) is 4.98 Å². The first kappa shape index (κ1) is 14.4. The highest BCUT2D eigenvalue weighted by Crippen LogP contribution is 2.23. The van der Waals surface area contributed by atoms with Crippen LogP contribution in [0.3, 0.4) is 0 Å². The second kappa shape index (κ2) is 6.42. The van der Waals surface area contributed by atoms with Crippen molar-refractivity contribution < 1.29 is 9.94 Å². The molecule has 20 heavy (non-hydrogen) atoms. The highest BCUT2D eigenvalue weighted by molar-refractivity contribution is 9.10. The summed E-state index contributed by atoms with van der Waals surface area (Å²) in [5, 5.41) is 11.8. The summed E-state index contributed by atoms with van der Waals surface area (Å²) < 4.78 is 8.52. The maximum absolute atomic E-state index is 8.80. The molecule has 0 atom stereocenters. The summed E-state index contributed by atoms with van der Waals surface area (Å²) in [4.78, 5) is 4.14. The summed E-state index contributed by atoms with van der Waals surface area (Å²) in [6.45, 7) is 3.07. The predicted molar refractivity (Wildman–Crippen MR) is 79.1 cm³/mol. The number of hydrogen-bond acceptors (Lipinski definition) is 4. The largest absolute Gasteiger partial charge is 0.491 e. The molecule has 106 valence electrons. The Labute approximate surface area is 125 Å². The first-order valence-electron chi connectivity index (χ1n) is 6.00. The van der Waals surface area contributed by atoms with E-state index in [-0.39, 0.29) is 5.84 Å². The van der Waals surface area contributed by atoms with Gasteiger partial charge in [-0.15, -0.1) is 0 Å². The van der Waals surface area contributed by atoms with Crippen molar-refractivity contribution in [3.63, 3.8) is 0 Å². The molecule has 1 heterocycles. The van der Waals surface area contributed by atoms with Gasteiger partial charge in [-0.05, 0) is 25.1 Å². The Morgan fingerprint density at radius 3 is 3.00 bits per heavy atom. The first-order chi connectivity index (χ1) is 9.61. The van der Waals surface area contributed by atoms with Crippen molar-refractivity contribution in [3.8, 4) is 5.75 Å². The molecule has 2 rings (SSSR count). The van der Waals surface area contributed by atoms with Gasteiger partial charge in [-0.2, -0.15) is 0 Å². The van der Waals surface area contributed by atoms with Crippen LogP contribution in [0.15, 0.2) is 40.2 Å². The predicted octanol–water partition coefficient (Wildman–Crippen LogP) is 2.13. The lowest BCUT2D eigenvalue weighted by Crippen LogP contribution is -2.16. The molecule has 0 aliphatic heterocycles. The zero-order chi connectivity index (χ0) is 14.5. The molecule has 0 aliphatic rings. The van der Waals surface area contributed by atoms with E-state index in [4.69, 9.17) is 15.7 Å². The topological polar surface area (TPSA) is 85.7 Å². The third-order valence-corrected chi connectivity index (χ3v) is 3.33. The third kappa shape index (κ3) is 3.30. The van der Waals surface area contributed by atoms with Gasteiger partial charge in [0.15, 0.2) is 5.84 Å². The van der Waals surface area contributed by atoms with E-state index in [2.05, 4.69) is 26.1 Å². The highest BCUT2D eigenvalue weighted by atomic mass is 79.9. The van der Waals surface area contributed by atoms with E-state index in [1.807, 2.05) is 23.8 Å². The van der Waals surface area contributed by atoms with Gasteiger partial charge >= 0.3 is 0 Å². The van der Waals surface area contributed by atoms with E-state index < -0.39 is 0 Å². The number of oxime groups is 1. The normalized spacial score (nSPS) is 11.6. The molecule has 2 aromatic rings. The third-order valence-electron chi connectivity index (χ3n) is 2.84. The van der Waals surface area contributed by atoms with Crippen LogP contribution in [0.1, 0.15) is 11.4 Å². The standard InChI is InChI=1S/C13H15BrN4O2/c1-9-16-4-5-18(9)6-7-20-12-3-2-10(14)8-11(12)13(15)17-19/h2-5,8,19H,6-7H2,1H3,(H2,15,17). The molecule has 0 spiro atoms. The number of rotatable bonds is 5. The Balaban J connectivity index is 2.08. The van der Waals surface area contributed by atoms with E-state index >= 15 is 0 Å². The smallest absolute Gasteiger partial charge is 0.173 e. The van der Waals surface area contributed by atoms with Gasteiger partial charge in [0, 0.05) is 16.9 Å².